The molecule has 13 heavy (non-hydrogen) atoms. The van der Waals surface area contributed by atoms with Gasteiger partial charge in [0.25, 0.3) is 0 Å². The summed E-state index contributed by atoms with van der Waals surface area (Å²) in [6, 6.07) is 7.88. The summed E-state index contributed by atoms with van der Waals surface area (Å²) in [5, 5.41) is 0. The molecule has 0 aliphatic rings. The lowest BCUT2D eigenvalue weighted by molar-refractivity contribution is 0.527. The Labute approximate surface area is 90.5 Å². The maximum Gasteiger partial charge on any atom is 0.195 e. The van der Waals surface area contributed by atoms with E-state index >= 15 is 0 Å². The Morgan fingerprint density at radius 1 is 1.31 bits per heavy atom. The molecule has 3 heteroatoms. The van der Waals surface area contributed by atoms with E-state index in [0.717, 1.165) is 34.3 Å². The number of oxazole rings is 1. The zero-order valence-corrected chi connectivity index (χ0v) is 9.32. The van der Waals surface area contributed by atoms with Crippen LogP contribution < -0.4 is 0 Å². The molecule has 1 heterocycles. The molecule has 2 nitrogen and oxygen atoms in total. The van der Waals surface area contributed by atoms with Gasteiger partial charge in [-0.2, -0.15) is 0 Å². The lowest BCUT2D eigenvalue weighted by Gasteiger charge is -1.88. The van der Waals surface area contributed by atoms with Crippen LogP contribution >= 0.6 is 22.6 Å². The maximum atomic E-state index is 5.56. The van der Waals surface area contributed by atoms with Crippen molar-refractivity contribution < 1.29 is 4.42 Å². The largest absolute Gasteiger partial charge is 0.441 e. The Bertz CT molecular complexity index is 363. The van der Waals surface area contributed by atoms with Gasteiger partial charge in [0.15, 0.2) is 11.5 Å². The molecule has 0 aliphatic heterocycles. The van der Waals surface area contributed by atoms with E-state index < -0.39 is 0 Å². The number of halogens is 1. The number of nitrogens with zero attached hydrogens (tertiary/aromatic N) is 1. The average Bonchev–Trinajstić information content (AvgIpc) is 2.57. The highest BCUT2D eigenvalue weighted by Gasteiger charge is 2.03. The van der Waals surface area contributed by atoms with Crippen LogP contribution in [0.25, 0.3) is 11.1 Å². The number of aromatic nitrogens is 1. The van der Waals surface area contributed by atoms with Crippen LogP contribution in [-0.4, -0.2) is 9.41 Å². The summed E-state index contributed by atoms with van der Waals surface area (Å²) >= 11 is 2.36. The molecule has 1 aromatic carbocycles. The number of para-hydroxylation sites is 2. The molecule has 0 unspecified atom stereocenters. The molecule has 0 atom stereocenters. The van der Waals surface area contributed by atoms with Crippen LogP contribution in [0.3, 0.4) is 0 Å². The molecule has 0 radical (unpaired) electrons. The van der Waals surface area contributed by atoms with E-state index in [0.29, 0.717) is 0 Å². The van der Waals surface area contributed by atoms with Crippen LogP contribution in [0.2, 0.25) is 0 Å². The van der Waals surface area contributed by atoms with E-state index in [9.17, 15) is 0 Å². The summed E-state index contributed by atoms with van der Waals surface area (Å²) in [5.74, 6) is 0.859. The fourth-order valence-corrected chi connectivity index (χ4v) is 1.63. The molecule has 1 aromatic heterocycles. The smallest absolute Gasteiger partial charge is 0.195 e. The number of fused-ring (bicyclic) bond motifs is 1. The highest BCUT2D eigenvalue weighted by atomic mass is 127. The molecule has 0 N–H and O–H groups in total. The van der Waals surface area contributed by atoms with Gasteiger partial charge in [0.1, 0.15) is 5.52 Å². The Kier molecular flexibility index (Phi) is 2.83. The molecule has 2 rings (SSSR count). The molecule has 0 bridgehead atoms. The molecular weight excluding hydrogens is 277 g/mol. The van der Waals surface area contributed by atoms with E-state index in [1.165, 1.54) is 0 Å². The second kappa shape index (κ2) is 4.09. The van der Waals surface area contributed by atoms with Gasteiger partial charge in [0, 0.05) is 10.8 Å². The van der Waals surface area contributed by atoms with Crippen molar-refractivity contribution in [2.45, 2.75) is 12.8 Å². The van der Waals surface area contributed by atoms with Gasteiger partial charge in [-0.1, -0.05) is 34.7 Å². The molecule has 0 saturated carbocycles. The molecule has 0 fully saturated rings. The van der Waals surface area contributed by atoms with Gasteiger partial charge in [-0.15, -0.1) is 0 Å². The molecule has 68 valence electrons. The first-order chi connectivity index (χ1) is 6.40. The number of benzene rings is 1. The van der Waals surface area contributed by atoms with Crippen LogP contribution in [-0.2, 0) is 6.42 Å². The Hall–Kier alpha value is -0.580. The topological polar surface area (TPSA) is 26.0 Å². The minimum atomic E-state index is 0.859. The van der Waals surface area contributed by atoms with Gasteiger partial charge in [0.2, 0.25) is 0 Å². The third-order valence-corrected chi connectivity index (χ3v) is 2.63. The summed E-state index contributed by atoms with van der Waals surface area (Å²) in [4.78, 5) is 4.38. The monoisotopic (exact) mass is 287 g/mol. The fourth-order valence-electron chi connectivity index (χ4n) is 1.24. The highest BCUT2D eigenvalue weighted by Crippen LogP contribution is 2.15. The number of hydrogen-bond donors (Lipinski definition) is 0. The van der Waals surface area contributed by atoms with E-state index in [2.05, 4.69) is 27.6 Å². The third kappa shape index (κ3) is 2.02. The van der Waals surface area contributed by atoms with Crippen LogP contribution in [0.15, 0.2) is 28.7 Å². The van der Waals surface area contributed by atoms with Crippen molar-refractivity contribution >= 4 is 33.7 Å². The highest BCUT2D eigenvalue weighted by molar-refractivity contribution is 14.1. The maximum absolute atomic E-state index is 5.56. The lowest BCUT2D eigenvalue weighted by Crippen LogP contribution is -1.84. The predicted octanol–water partition coefficient (Wildman–Crippen LogP) is 3.20. The lowest BCUT2D eigenvalue weighted by atomic mass is 10.3. The predicted molar refractivity (Wildman–Crippen MR) is 61.2 cm³/mol. The van der Waals surface area contributed by atoms with Crippen molar-refractivity contribution in [2.24, 2.45) is 0 Å². The summed E-state index contributed by atoms with van der Waals surface area (Å²) < 4.78 is 6.70. The zero-order valence-electron chi connectivity index (χ0n) is 7.16. The number of hydrogen-bond acceptors (Lipinski definition) is 2. The number of rotatable bonds is 3. The second-order valence-corrected chi connectivity index (χ2v) is 3.95. The summed E-state index contributed by atoms with van der Waals surface area (Å²) in [5.41, 5.74) is 1.86. The van der Waals surface area contributed by atoms with Gasteiger partial charge in [-0.25, -0.2) is 4.98 Å². The first-order valence-corrected chi connectivity index (χ1v) is 5.83. The molecule has 0 saturated heterocycles. The molecule has 0 amide bonds. The minimum absolute atomic E-state index is 0.859. The fraction of sp³-hybridized carbons (Fsp3) is 0.300. The number of alkyl halides is 1. The summed E-state index contributed by atoms with van der Waals surface area (Å²) in [6.07, 6.45) is 2.07. The van der Waals surface area contributed by atoms with Gasteiger partial charge in [-0.05, 0) is 18.6 Å². The van der Waals surface area contributed by atoms with Crippen molar-refractivity contribution in [3.63, 3.8) is 0 Å². The quantitative estimate of drug-likeness (QED) is 0.640. The average molecular weight is 287 g/mol. The van der Waals surface area contributed by atoms with Gasteiger partial charge < -0.3 is 4.42 Å². The zero-order chi connectivity index (χ0) is 9.10. The van der Waals surface area contributed by atoms with E-state index in [1.807, 2.05) is 24.3 Å². The minimum Gasteiger partial charge on any atom is -0.441 e. The molecule has 0 spiro atoms. The first-order valence-electron chi connectivity index (χ1n) is 4.30. The van der Waals surface area contributed by atoms with Crippen LogP contribution in [0.1, 0.15) is 12.3 Å². The summed E-state index contributed by atoms with van der Waals surface area (Å²) in [7, 11) is 0. The SMILES string of the molecule is ICCCc1nc2ccccc2o1. The number of aryl methyl sites for hydroxylation is 1. The Balaban J connectivity index is 2.28. The standard InChI is InChI=1S/C10H10INO/c11-7-3-6-10-12-8-4-1-2-5-9(8)13-10/h1-2,4-5H,3,6-7H2. The second-order valence-electron chi connectivity index (χ2n) is 2.87. The van der Waals surface area contributed by atoms with Crippen molar-refractivity contribution in [1.29, 1.82) is 0 Å². The molecule has 0 aliphatic carbocycles. The van der Waals surface area contributed by atoms with E-state index in [-0.39, 0.29) is 0 Å². The van der Waals surface area contributed by atoms with Gasteiger partial charge >= 0.3 is 0 Å². The van der Waals surface area contributed by atoms with Crippen LogP contribution in [0.4, 0.5) is 0 Å². The van der Waals surface area contributed by atoms with Gasteiger partial charge in [0.05, 0.1) is 0 Å². The summed E-state index contributed by atoms with van der Waals surface area (Å²) in [6.45, 7) is 0. The molecular formula is C10H10INO. The first kappa shape index (κ1) is 8.99. The van der Waals surface area contributed by atoms with Crippen LogP contribution in [0.5, 0.6) is 0 Å². The van der Waals surface area contributed by atoms with Gasteiger partial charge in [-0.3, -0.25) is 0 Å². The van der Waals surface area contributed by atoms with Crippen molar-refractivity contribution in [1.82, 2.24) is 4.98 Å². The molecule has 2 aromatic rings. The Morgan fingerprint density at radius 2 is 2.15 bits per heavy atom. The normalized spacial score (nSPS) is 10.8. The van der Waals surface area contributed by atoms with Crippen LogP contribution in [0, 0.1) is 0 Å². The van der Waals surface area contributed by atoms with Crippen molar-refractivity contribution in [3.05, 3.63) is 30.2 Å². The van der Waals surface area contributed by atoms with E-state index in [1.54, 1.807) is 0 Å². The van der Waals surface area contributed by atoms with Crippen molar-refractivity contribution in [2.75, 3.05) is 4.43 Å². The van der Waals surface area contributed by atoms with Crippen molar-refractivity contribution in [3.8, 4) is 0 Å². The van der Waals surface area contributed by atoms with E-state index in [4.69, 9.17) is 4.42 Å². The third-order valence-electron chi connectivity index (χ3n) is 1.86. The Morgan fingerprint density at radius 3 is 2.92 bits per heavy atom.